The number of likely N-dealkylation sites (tertiary alicyclic amines) is 1. The zero-order valence-electron chi connectivity index (χ0n) is 17.3. The summed E-state index contributed by atoms with van der Waals surface area (Å²) in [6, 6.07) is 2.80. The Morgan fingerprint density at radius 1 is 1.42 bits per heavy atom. The van der Waals surface area contributed by atoms with Crippen LogP contribution in [0.5, 0.6) is 0 Å². The molecule has 1 aromatic carbocycles. The van der Waals surface area contributed by atoms with Gasteiger partial charge in [-0.2, -0.15) is 5.10 Å². The second-order valence-electron chi connectivity index (χ2n) is 7.32. The zero-order chi connectivity index (χ0) is 22.5. The van der Waals surface area contributed by atoms with E-state index in [4.69, 9.17) is 0 Å². The van der Waals surface area contributed by atoms with Crippen molar-refractivity contribution in [3.8, 4) is 0 Å². The summed E-state index contributed by atoms with van der Waals surface area (Å²) in [4.78, 5) is 22.4. The monoisotopic (exact) mass is 435 g/mol. The van der Waals surface area contributed by atoms with Crippen molar-refractivity contribution in [2.75, 3.05) is 31.5 Å². The highest BCUT2D eigenvalue weighted by atomic mass is 19.3. The van der Waals surface area contributed by atoms with Crippen LogP contribution in [-0.2, 0) is 11.8 Å². The molecule has 1 fully saturated rings. The quantitative estimate of drug-likeness (QED) is 0.379. The van der Waals surface area contributed by atoms with Gasteiger partial charge in [-0.3, -0.25) is 14.5 Å². The Balaban J connectivity index is 1.58. The van der Waals surface area contributed by atoms with Gasteiger partial charge in [-0.25, -0.2) is 18.2 Å². The molecular weight excluding hydrogens is 411 g/mol. The number of nitrogens with zero attached hydrogens (tertiary/aromatic N) is 5. The normalized spacial score (nSPS) is 15.5. The summed E-state index contributed by atoms with van der Waals surface area (Å²) in [7, 11) is 1.68. The Labute approximate surface area is 177 Å². The molecule has 11 heteroatoms. The first kappa shape index (κ1) is 22.5. The molecule has 0 spiro atoms. The Bertz CT molecular complexity index is 1030. The number of hydrogen-bond donors (Lipinski definition) is 2. The van der Waals surface area contributed by atoms with Crippen LogP contribution in [0, 0.1) is 11.7 Å². The standard InChI is InChI=1S/C20H24F3N7O/c1-12(30-9-13(10-30)6-25-8-18(22)23)26-7-17(24-2)20(31)27-15-4-14-11-29(3)28-19(14)16(21)5-15/h4-5,7,11,13,18,25H,2,6,8-10H2,1,3H3,(H,27,31)/b17-7-,26-12?. The molecule has 1 aliphatic heterocycles. The lowest BCUT2D eigenvalue weighted by molar-refractivity contribution is -0.112. The van der Waals surface area contributed by atoms with Crippen LogP contribution in [0.2, 0.25) is 0 Å². The van der Waals surface area contributed by atoms with Crippen molar-refractivity contribution < 1.29 is 18.0 Å². The van der Waals surface area contributed by atoms with E-state index in [1.165, 1.54) is 16.9 Å². The molecule has 8 nitrogen and oxygen atoms in total. The second-order valence-corrected chi connectivity index (χ2v) is 7.32. The number of halogens is 3. The van der Waals surface area contributed by atoms with Gasteiger partial charge in [0.2, 0.25) is 0 Å². The molecule has 1 aromatic heterocycles. The highest BCUT2D eigenvalue weighted by molar-refractivity contribution is 6.05. The maximum atomic E-state index is 14.2. The molecule has 166 valence electrons. The van der Waals surface area contributed by atoms with E-state index in [-0.39, 0.29) is 29.4 Å². The summed E-state index contributed by atoms with van der Waals surface area (Å²) in [6.45, 7) is 6.75. The molecule has 2 aromatic rings. The summed E-state index contributed by atoms with van der Waals surface area (Å²) < 4.78 is 40.0. The van der Waals surface area contributed by atoms with Gasteiger partial charge in [0, 0.05) is 49.9 Å². The van der Waals surface area contributed by atoms with Gasteiger partial charge in [-0.05, 0) is 25.8 Å². The number of alkyl halides is 2. The van der Waals surface area contributed by atoms with Crippen LogP contribution in [0.25, 0.3) is 10.9 Å². The van der Waals surface area contributed by atoms with Crippen LogP contribution >= 0.6 is 0 Å². The van der Waals surface area contributed by atoms with Crippen molar-refractivity contribution in [2.24, 2.45) is 23.0 Å². The van der Waals surface area contributed by atoms with E-state index in [0.29, 0.717) is 30.9 Å². The van der Waals surface area contributed by atoms with Crippen LogP contribution in [0.4, 0.5) is 18.9 Å². The predicted octanol–water partition coefficient (Wildman–Crippen LogP) is 2.40. The summed E-state index contributed by atoms with van der Waals surface area (Å²) in [5.41, 5.74) is 0.456. The molecule has 0 unspecified atom stereocenters. The van der Waals surface area contributed by atoms with Crippen molar-refractivity contribution in [1.82, 2.24) is 20.0 Å². The number of carbonyl (C=O) groups excluding carboxylic acids is 1. The number of fused-ring (bicyclic) bond motifs is 1. The molecular formula is C20H24F3N7O. The average molecular weight is 435 g/mol. The van der Waals surface area contributed by atoms with Crippen LogP contribution in [0.3, 0.4) is 0 Å². The minimum Gasteiger partial charge on any atom is -0.360 e. The zero-order valence-corrected chi connectivity index (χ0v) is 17.3. The Hall–Kier alpha value is -3.21. The van der Waals surface area contributed by atoms with Gasteiger partial charge in [-0.15, -0.1) is 0 Å². The number of nitrogens with one attached hydrogen (secondary N) is 2. The van der Waals surface area contributed by atoms with E-state index in [1.54, 1.807) is 26.2 Å². The number of benzene rings is 1. The predicted molar refractivity (Wildman–Crippen MR) is 114 cm³/mol. The lowest BCUT2D eigenvalue weighted by Crippen LogP contribution is -2.52. The highest BCUT2D eigenvalue weighted by Gasteiger charge is 2.27. The summed E-state index contributed by atoms with van der Waals surface area (Å²) in [6.07, 6.45) is 0.579. The summed E-state index contributed by atoms with van der Waals surface area (Å²) >= 11 is 0. The maximum Gasteiger partial charge on any atom is 0.275 e. The molecule has 1 saturated heterocycles. The van der Waals surface area contributed by atoms with E-state index in [9.17, 15) is 18.0 Å². The third kappa shape index (κ3) is 5.69. The van der Waals surface area contributed by atoms with Crippen LogP contribution < -0.4 is 10.6 Å². The molecule has 0 radical (unpaired) electrons. The number of carbonyl (C=O) groups is 1. The van der Waals surface area contributed by atoms with Gasteiger partial charge in [-0.1, -0.05) is 0 Å². The molecule has 1 aliphatic rings. The minimum atomic E-state index is -2.36. The Morgan fingerprint density at radius 3 is 2.84 bits per heavy atom. The Kier molecular flexibility index (Phi) is 7.06. The largest absolute Gasteiger partial charge is 0.360 e. The number of amidine groups is 1. The molecule has 2 heterocycles. The fourth-order valence-electron chi connectivity index (χ4n) is 3.25. The van der Waals surface area contributed by atoms with Gasteiger partial charge in [0.15, 0.2) is 5.82 Å². The number of hydrogen-bond acceptors (Lipinski definition) is 5. The molecule has 0 atom stereocenters. The average Bonchev–Trinajstić information content (AvgIpc) is 3.04. The topological polar surface area (TPSA) is 86.9 Å². The number of aliphatic imine (C=N–C) groups is 2. The smallest absolute Gasteiger partial charge is 0.275 e. The van der Waals surface area contributed by atoms with Crippen molar-refractivity contribution in [3.05, 3.63) is 36.0 Å². The lowest BCUT2D eigenvalue weighted by atomic mass is 10.0. The number of amides is 1. The van der Waals surface area contributed by atoms with Crippen molar-refractivity contribution in [3.63, 3.8) is 0 Å². The van der Waals surface area contributed by atoms with Crippen LogP contribution in [0.1, 0.15) is 6.92 Å². The molecule has 0 saturated carbocycles. The molecule has 31 heavy (non-hydrogen) atoms. The number of aryl methyl sites for hydroxylation is 1. The Morgan fingerprint density at radius 2 is 2.16 bits per heavy atom. The number of rotatable bonds is 8. The van der Waals surface area contributed by atoms with Gasteiger partial charge < -0.3 is 15.5 Å². The molecule has 0 bridgehead atoms. The van der Waals surface area contributed by atoms with Crippen molar-refractivity contribution in [2.45, 2.75) is 13.3 Å². The first-order valence-electron chi connectivity index (χ1n) is 9.66. The first-order chi connectivity index (χ1) is 14.8. The van der Waals surface area contributed by atoms with Gasteiger partial charge in [0.25, 0.3) is 12.3 Å². The van der Waals surface area contributed by atoms with Crippen molar-refractivity contribution in [1.29, 1.82) is 0 Å². The minimum absolute atomic E-state index is 0.0262. The summed E-state index contributed by atoms with van der Waals surface area (Å²) in [5, 5.41) is 9.89. The van der Waals surface area contributed by atoms with E-state index >= 15 is 0 Å². The van der Waals surface area contributed by atoms with E-state index < -0.39 is 18.1 Å². The SMILES string of the molecule is C=N/C(=C\N=C(C)N1CC(CNCC(F)F)C1)C(=O)Nc1cc(F)c2nn(C)cc2c1. The van der Waals surface area contributed by atoms with E-state index in [0.717, 1.165) is 0 Å². The molecule has 3 rings (SSSR count). The third-order valence-corrected chi connectivity index (χ3v) is 4.86. The van der Waals surface area contributed by atoms with Crippen LogP contribution in [-0.4, -0.2) is 65.7 Å². The fraction of sp³-hybridized carbons (Fsp3) is 0.400. The number of anilines is 1. The second kappa shape index (κ2) is 9.73. The van der Waals surface area contributed by atoms with Gasteiger partial charge in [0.05, 0.1) is 12.7 Å². The first-order valence-corrected chi connectivity index (χ1v) is 9.66. The third-order valence-electron chi connectivity index (χ3n) is 4.86. The maximum absolute atomic E-state index is 14.2. The van der Waals surface area contributed by atoms with Crippen molar-refractivity contribution >= 4 is 35.1 Å². The fourth-order valence-corrected chi connectivity index (χ4v) is 3.25. The molecule has 2 N–H and O–H groups in total. The van der Waals surface area contributed by atoms with Gasteiger partial charge >= 0.3 is 0 Å². The van der Waals surface area contributed by atoms with E-state index in [1.807, 2.05) is 4.90 Å². The highest BCUT2D eigenvalue weighted by Crippen LogP contribution is 2.22. The lowest BCUT2D eigenvalue weighted by Gasteiger charge is -2.40. The van der Waals surface area contributed by atoms with Crippen LogP contribution in [0.15, 0.2) is 40.2 Å². The summed E-state index contributed by atoms with van der Waals surface area (Å²) in [5.74, 6) is -0.186. The molecule has 0 aliphatic carbocycles. The number of aromatic nitrogens is 2. The molecule has 1 amide bonds. The van der Waals surface area contributed by atoms with E-state index in [2.05, 4.69) is 32.4 Å². The van der Waals surface area contributed by atoms with Gasteiger partial charge in [0.1, 0.15) is 17.0 Å².